The molecule has 6 nitrogen and oxygen atoms in total. The number of carboxylic acid groups (broad SMARTS) is 1. The summed E-state index contributed by atoms with van der Waals surface area (Å²) in [6, 6.07) is 3.58. The van der Waals surface area contributed by atoms with Crippen LogP contribution in [0.25, 0.3) is 10.7 Å². The standard InChI is InChI=1S/C13H17BrN4O2S/c1-13(2,3)7-8(6-11(19)20)18-12(15-16-17-18)9-4-5-10(14)21-9/h4-5,8H,6-7H2,1-3H3,(H,19,20). The zero-order chi connectivity index (χ0) is 15.6. The van der Waals surface area contributed by atoms with Gasteiger partial charge < -0.3 is 5.11 Å². The summed E-state index contributed by atoms with van der Waals surface area (Å²) in [5.41, 5.74) is -0.0145. The van der Waals surface area contributed by atoms with E-state index in [1.54, 1.807) is 4.68 Å². The van der Waals surface area contributed by atoms with E-state index in [1.807, 2.05) is 12.1 Å². The molecule has 0 aliphatic rings. The molecule has 0 spiro atoms. The number of aromatic nitrogens is 4. The van der Waals surface area contributed by atoms with Gasteiger partial charge in [0.1, 0.15) is 0 Å². The van der Waals surface area contributed by atoms with Gasteiger partial charge in [0.2, 0.25) is 0 Å². The highest BCUT2D eigenvalue weighted by Crippen LogP contribution is 2.34. The van der Waals surface area contributed by atoms with Crippen molar-refractivity contribution in [3.8, 4) is 10.7 Å². The molecule has 2 heterocycles. The molecule has 1 N–H and O–H groups in total. The van der Waals surface area contributed by atoms with E-state index in [-0.39, 0.29) is 17.9 Å². The average Bonchev–Trinajstić information content (AvgIpc) is 2.93. The van der Waals surface area contributed by atoms with Crippen LogP contribution in [0.1, 0.15) is 39.7 Å². The Morgan fingerprint density at radius 2 is 2.19 bits per heavy atom. The maximum Gasteiger partial charge on any atom is 0.305 e. The van der Waals surface area contributed by atoms with Gasteiger partial charge in [-0.1, -0.05) is 20.8 Å². The quantitative estimate of drug-likeness (QED) is 0.866. The van der Waals surface area contributed by atoms with Crippen LogP contribution in [-0.2, 0) is 4.79 Å². The number of hydrogen-bond acceptors (Lipinski definition) is 5. The van der Waals surface area contributed by atoms with Crippen LogP contribution in [0.15, 0.2) is 15.9 Å². The Morgan fingerprint density at radius 1 is 1.48 bits per heavy atom. The number of rotatable bonds is 5. The number of halogens is 1. The van der Waals surface area contributed by atoms with Crippen LogP contribution in [0.5, 0.6) is 0 Å². The summed E-state index contributed by atoms with van der Waals surface area (Å²) in [7, 11) is 0. The lowest BCUT2D eigenvalue weighted by atomic mass is 9.87. The first-order valence-corrected chi connectivity index (χ1v) is 8.12. The summed E-state index contributed by atoms with van der Waals surface area (Å²) in [6.45, 7) is 6.23. The smallest absolute Gasteiger partial charge is 0.305 e. The van der Waals surface area contributed by atoms with E-state index in [0.717, 1.165) is 8.66 Å². The minimum absolute atomic E-state index is 0.00184. The predicted molar refractivity (Wildman–Crippen MR) is 84.2 cm³/mol. The van der Waals surface area contributed by atoms with Crippen LogP contribution in [-0.4, -0.2) is 31.3 Å². The maximum absolute atomic E-state index is 11.2. The van der Waals surface area contributed by atoms with Crippen molar-refractivity contribution in [2.45, 2.75) is 39.7 Å². The van der Waals surface area contributed by atoms with Crippen molar-refractivity contribution in [2.24, 2.45) is 5.41 Å². The van der Waals surface area contributed by atoms with Gasteiger partial charge in [0, 0.05) is 0 Å². The third-order valence-electron chi connectivity index (χ3n) is 2.89. The third kappa shape index (κ3) is 4.34. The van der Waals surface area contributed by atoms with Crippen molar-refractivity contribution in [1.29, 1.82) is 0 Å². The Kier molecular flexibility index (Phi) is 4.77. The SMILES string of the molecule is CC(C)(C)CC(CC(=O)O)n1nnnc1-c1ccc(Br)s1. The second-order valence-electron chi connectivity index (χ2n) is 6.07. The van der Waals surface area contributed by atoms with Gasteiger partial charge in [-0.05, 0) is 50.3 Å². The summed E-state index contributed by atoms with van der Waals surface area (Å²) in [5.74, 6) is -0.237. The molecular weight excluding hydrogens is 356 g/mol. The fourth-order valence-corrected chi connectivity index (χ4v) is 3.55. The highest BCUT2D eigenvalue weighted by molar-refractivity contribution is 9.11. The largest absolute Gasteiger partial charge is 0.481 e. The van der Waals surface area contributed by atoms with Crippen LogP contribution >= 0.6 is 27.3 Å². The van der Waals surface area contributed by atoms with Gasteiger partial charge in [-0.15, -0.1) is 16.4 Å². The Bertz CT molecular complexity index is 632. The summed E-state index contributed by atoms with van der Waals surface area (Å²) < 4.78 is 2.62. The average molecular weight is 373 g/mol. The normalized spacial score (nSPS) is 13.3. The van der Waals surface area contributed by atoms with Crippen LogP contribution in [0.3, 0.4) is 0 Å². The molecular formula is C13H17BrN4O2S. The Hall–Kier alpha value is -1.28. The van der Waals surface area contributed by atoms with Gasteiger partial charge >= 0.3 is 5.97 Å². The minimum atomic E-state index is -0.849. The van der Waals surface area contributed by atoms with Crippen LogP contribution < -0.4 is 0 Å². The van der Waals surface area contributed by atoms with E-state index in [2.05, 4.69) is 52.2 Å². The van der Waals surface area contributed by atoms with Gasteiger partial charge in [0.05, 0.1) is 21.1 Å². The minimum Gasteiger partial charge on any atom is -0.481 e. The van der Waals surface area contributed by atoms with Crippen LogP contribution in [0.2, 0.25) is 0 Å². The molecule has 1 unspecified atom stereocenters. The number of carboxylic acids is 1. The number of hydrogen-bond donors (Lipinski definition) is 1. The molecule has 1 atom stereocenters. The summed E-state index contributed by atoms with van der Waals surface area (Å²) in [4.78, 5) is 12.1. The van der Waals surface area contributed by atoms with E-state index >= 15 is 0 Å². The molecule has 0 radical (unpaired) electrons. The van der Waals surface area contributed by atoms with Crippen molar-refractivity contribution < 1.29 is 9.90 Å². The lowest BCUT2D eigenvalue weighted by molar-refractivity contribution is -0.138. The van der Waals surface area contributed by atoms with Crippen molar-refractivity contribution >= 4 is 33.2 Å². The Morgan fingerprint density at radius 3 is 2.71 bits per heavy atom. The summed E-state index contributed by atoms with van der Waals surface area (Å²) >= 11 is 4.93. The van der Waals surface area contributed by atoms with E-state index in [0.29, 0.717) is 12.2 Å². The topological polar surface area (TPSA) is 80.9 Å². The van der Waals surface area contributed by atoms with Gasteiger partial charge in [0.25, 0.3) is 0 Å². The fraction of sp³-hybridized carbons (Fsp3) is 0.538. The first kappa shape index (κ1) is 16.1. The molecule has 0 fully saturated rings. The van der Waals surface area contributed by atoms with Crippen molar-refractivity contribution in [3.63, 3.8) is 0 Å². The Labute approximate surface area is 135 Å². The molecule has 0 aliphatic heterocycles. The van der Waals surface area contributed by atoms with Gasteiger partial charge in [-0.2, -0.15) is 0 Å². The number of aliphatic carboxylic acids is 1. The van der Waals surface area contributed by atoms with Crippen LogP contribution in [0, 0.1) is 5.41 Å². The summed E-state index contributed by atoms with van der Waals surface area (Å²) in [5, 5.41) is 21.0. The molecule has 2 aromatic heterocycles. The second kappa shape index (κ2) is 6.23. The second-order valence-corrected chi connectivity index (χ2v) is 8.53. The molecule has 0 amide bonds. The molecule has 0 aromatic carbocycles. The molecule has 2 aromatic rings. The molecule has 8 heteroatoms. The fourth-order valence-electron chi connectivity index (χ4n) is 2.19. The van der Waals surface area contributed by atoms with Crippen LogP contribution in [0.4, 0.5) is 0 Å². The molecule has 0 saturated heterocycles. The number of thiophene rings is 1. The zero-order valence-electron chi connectivity index (χ0n) is 12.1. The molecule has 0 aliphatic carbocycles. The molecule has 0 saturated carbocycles. The highest BCUT2D eigenvalue weighted by Gasteiger charge is 2.26. The first-order valence-electron chi connectivity index (χ1n) is 6.51. The lowest BCUT2D eigenvalue weighted by Gasteiger charge is -2.25. The molecule has 114 valence electrons. The number of carbonyl (C=O) groups is 1. The first-order chi connectivity index (χ1) is 9.76. The monoisotopic (exact) mass is 372 g/mol. The van der Waals surface area contributed by atoms with Gasteiger partial charge in [0.15, 0.2) is 5.82 Å². The third-order valence-corrected chi connectivity index (χ3v) is 4.51. The zero-order valence-corrected chi connectivity index (χ0v) is 14.5. The predicted octanol–water partition coefficient (Wildman–Crippen LogP) is 3.62. The van der Waals surface area contributed by atoms with Gasteiger partial charge in [-0.3, -0.25) is 4.79 Å². The lowest BCUT2D eigenvalue weighted by Crippen LogP contribution is -2.22. The molecule has 2 rings (SSSR count). The van der Waals surface area contributed by atoms with E-state index in [9.17, 15) is 4.79 Å². The van der Waals surface area contributed by atoms with Crippen molar-refractivity contribution in [3.05, 3.63) is 15.9 Å². The molecule has 0 bridgehead atoms. The Balaban J connectivity index is 2.36. The summed E-state index contributed by atoms with van der Waals surface area (Å²) in [6.07, 6.45) is 0.686. The number of tetrazole rings is 1. The van der Waals surface area contributed by atoms with E-state index in [4.69, 9.17) is 5.11 Å². The van der Waals surface area contributed by atoms with Crippen molar-refractivity contribution in [1.82, 2.24) is 20.2 Å². The van der Waals surface area contributed by atoms with Crippen molar-refractivity contribution in [2.75, 3.05) is 0 Å². The maximum atomic E-state index is 11.2. The molecule has 21 heavy (non-hydrogen) atoms. The number of nitrogens with zero attached hydrogens (tertiary/aromatic N) is 4. The van der Waals surface area contributed by atoms with Gasteiger partial charge in [-0.25, -0.2) is 4.68 Å². The van der Waals surface area contributed by atoms with E-state index in [1.165, 1.54) is 11.3 Å². The highest BCUT2D eigenvalue weighted by atomic mass is 79.9. The van der Waals surface area contributed by atoms with E-state index < -0.39 is 5.97 Å².